The largest absolute Gasteiger partial charge is 0.457 e. The number of aliphatic hydroxyl groups excluding tert-OH is 1. The number of hydrogen-bond acceptors (Lipinski definition) is 6. The van der Waals surface area contributed by atoms with Crippen LogP contribution < -0.4 is 5.32 Å². The number of aliphatic hydroxyl groups is 2. The van der Waals surface area contributed by atoms with Crippen LogP contribution in [0, 0.1) is 35.0 Å². The Balaban J connectivity index is 1.71. The number of hydrogen-bond donors (Lipinski definition) is 3. The van der Waals surface area contributed by atoms with Gasteiger partial charge in [0.1, 0.15) is 17.1 Å². The van der Waals surface area contributed by atoms with Gasteiger partial charge in [0, 0.05) is 30.7 Å². The molecule has 4 aliphatic rings. The molecule has 1 heterocycles. The molecule has 1 spiro atoms. The Labute approximate surface area is 218 Å². The third kappa shape index (κ3) is 3.81. The van der Waals surface area contributed by atoms with E-state index in [-0.39, 0.29) is 35.5 Å². The molecule has 1 aromatic carbocycles. The SMILES string of the molecule is C=C1[C@@H](O)[C@H]2C[C@H]3C[C@@H](C)C(=O)[C@](C)(O)C=C3[C@@H](OC(C)=O)[C@]23C(=O)N[C@H](Cc2ccccc2)[C@@H]3[C@H]1C. The number of esters is 1. The number of carbonyl (C=O) groups excluding carboxylic acids is 3. The fraction of sp³-hybridized carbons (Fsp3) is 0.567. The molecule has 0 radical (unpaired) electrons. The number of Topliss-reactive ketones (excluding diaryl/α,β-unsaturated/α-hetero) is 1. The molecule has 0 unspecified atom stereocenters. The third-order valence-corrected chi connectivity index (χ3v) is 9.55. The van der Waals surface area contributed by atoms with Crippen molar-refractivity contribution in [3.8, 4) is 0 Å². The Morgan fingerprint density at radius 2 is 1.86 bits per heavy atom. The predicted octanol–water partition coefficient (Wildman–Crippen LogP) is 2.75. The molecule has 7 nitrogen and oxygen atoms in total. The Hall–Kier alpha value is -2.77. The van der Waals surface area contributed by atoms with Crippen LogP contribution in [0.1, 0.15) is 46.1 Å². The topological polar surface area (TPSA) is 113 Å². The van der Waals surface area contributed by atoms with E-state index >= 15 is 0 Å². The molecule has 1 saturated heterocycles. The maximum absolute atomic E-state index is 14.2. The summed E-state index contributed by atoms with van der Waals surface area (Å²) < 4.78 is 6.02. The summed E-state index contributed by atoms with van der Waals surface area (Å²) in [6, 6.07) is 9.63. The molecule has 1 aliphatic heterocycles. The van der Waals surface area contributed by atoms with Crippen LogP contribution in [0.3, 0.4) is 0 Å². The maximum atomic E-state index is 14.2. The highest BCUT2D eigenvalue weighted by Gasteiger charge is 2.72. The van der Waals surface area contributed by atoms with Gasteiger partial charge in [-0.3, -0.25) is 14.4 Å². The van der Waals surface area contributed by atoms with Crippen LogP contribution in [0.5, 0.6) is 0 Å². The molecule has 1 aromatic rings. The quantitative estimate of drug-likeness (QED) is 0.428. The van der Waals surface area contributed by atoms with Crippen molar-refractivity contribution in [3.63, 3.8) is 0 Å². The van der Waals surface area contributed by atoms with Crippen LogP contribution in [0.4, 0.5) is 0 Å². The van der Waals surface area contributed by atoms with Crippen molar-refractivity contribution in [1.29, 1.82) is 0 Å². The highest BCUT2D eigenvalue weighted by atomic mass is 16.5. The maximum Gasteiger partial charge on any atom is 0.303 e. The molecule has 10 atom stereocenters. The molecule has 5 rings (SSSR count). The zero-order valence-electron chi connectivity index (χ0n) is 21.9. The minimum absolute atomic E-state index is 0.231. The van der Waals surface area contributed by atoms with Crippen LogP contribution >= 0.6 is 0 Å². The second-order valence-electron chi connectivity index (χ2n) is 11.9. The van der Waals surface area contributed by atoms with E-state index in [1.807, 2.05) is 37.3 Å². The molecule has 3 aliphatic carbocycles. The Morgan fingerprint density at radius 3 is 2.51 bits per heavy atom. The molecular weight excluding hydrogens is 470 g/mol. The Bertz CT molecular complexity index is 1170. The van der Waals surface area contributed by atoms with Crippen molar-refractivity contribution < 1.29 is 29.3 Å². The lowest BCUT2D eigenvalue weighted by Gasteiger charge is -2.58. The summed E-state index contributed by atoms with van der Waals surface area (Å²) in [5.74, 6) is -2.85. The molecule has 2 saturated carbocycles. The van der Waals surface area contributed by atoms with Gasteiger partial charge in [-0.05, 0) is 60.8 Å². The molecule has 0 aromatic heterocycles. The average molecular weight is 508 g/mol. The standard InChI is InChI=1S/C30H37NO6/c1-15-11-20-13-22-25(33)17(3)16(2)24-23(12-19-9-7-6-8-10-19)31-28(35)30(22,24)27(37-18(4)32)21(20)14-29(5,36)26(15)34/h6-10,14-16,20,22-25,27,33,36H,3,11-13H2,1-2,4-5H3,(H,31,35)/t15-,16+,20-,22-,23-,24+,25-,27-,29-,30+/m1/s1. The van der Waals surface area contributed by atoms with Crippen LogP contribution in [0.2, 0.25) is 0 Å². The molecule has 1 amide bonds. The van der Waals surface area contributed by atoms with Gasteiger partial charge in [-0.25, -0.2) is 0 Å². The van der Waals surface area contributed by atoms with Gasteiger partial charge in [0.2, 0.25) is 5.91 Å². The van der Waals surface area contributed by atoms with Crippen molar-refractivity contribution >= 4 is 17.7 Å². The smallest absolute Gasteiger partial charge is 0.303 e. The molecular formula is C30H37NO6. The van der Waals surface area contributed by atoms with Crippen molar-refractivity contribution in [2.75, 3.05) is 0 Å². The number of ether oxygens (including phenoxy) is 1. The van der Waals surface area contributed by atoms with Gasteiger partial charge in [-0.15, -0.1) is 0 Å². The van der Waals surface area contributed by atoms with E-state index in [0.717, 1.165) is 5.56 Å². The molecule has 3 N–H and O–H groups in total. The van der Waals surface area contributed by atoms with Gasteiger partial charge < -0.3 is 20.3 Å². The van der Waals surface area contributed by atoms with Gasteiger partial charge in [0.15, 0.2) is 5.78 Å². The first-order valence-corrected chi connectivity index (χ1v) is 13.3. The number of nitrogens with one attached hydrogen (secondary N) is 1. The monoisotopic (exact) mass is 507 g/mol. The number of carbonyl (C=O) groups is 3. The number of ketones is 1. The van der Waals surface area contributed by atoms with Gasteiger partial charge in [0.25, 0.3) is 0 Å². The van der Waals surface area contributed by atoms with Crippen LogP contribution in [0.15, 0.2) is 54.1 Å². The average Bonchev–Trinajstić information content (AvgIpc) is 3.08. The predicted molar refractivity (Wildman–Crippen MR) is 137 cm³/mol. The van der Waals surface area contributed by atoms with Gasteiger partial charge in [-0.2, -0.15) is 0 Å². The van der Waals surface area contributed by atoms with E-state index in [0.29, 0.717) is 30.4 Å². The lowest BCUT2D eigenvalue weighted by atomic mass is 9.46. The fourth-order valence-corrected chi connectivity index (χ4v) is 8.04. The second-order valence-corrected chi connectivity index (χ2v) is 11.9. The lowest BCUT2D eigenvalue weighted by Crippen LogP contribution is -2.64. The van der Waals surface area contributed by atoms with Crippen LogP contribution in [-0.4, -0.2) is 51.7 Å². The first-order valence-electron chi connectivity index (χ1n) is 13.3. The van der Waals surface area contributed by atoms with Crippen molar-refractivity contribution in [2.24, 2.45) is 35.0 Å². The Morgan fingerprint density at radius 1 is 1.19 bits per heavy atom. The summed E-state index contributed by atoms with van der Waals surface area (Å²) in [7, 11) is 0. The molecule has 3 fully saturated rings. The minimum Gasteiger partial charge on any atom is -0.457 e. The highest BCUT2D eigenvalue weighted by molar-refractivity contribution is 5.92. The molecule has 198 valence electrons. The fourth-order valence-electron chi connectivity index (χ4n) is 8.04. The van der Waals surface area contributed by atoms with Gasteiger partial charge in [-0.1, -0.05) is 50.8 Å². The van der Waals surface area contributed by atoms with Crippen molar-refractivity contribution in [1.82, 2.24) is 5.32 Å². The number of amides is 1. The summed E-state index contributed by atoms with van der Waals surface area (Å²) >= 11 is 0. The van der Waals surface area contributed by atoms with E-state index in [2.05, 4.69) is 11.9 Å². The van der Waals surface area contributed by atoms with E-state index in [9.17, 15) is 24.6 Å². The molecule has 37 heavy (non-hydrogen) atoms. The second kappa shape index (κ2) is 8.91. The summed E-state index contributed by atoms with van der Waals surface area (Å²) in [4.78, 5) is 39.8. The highest BCUT2D eigenvalue weighted by Crippen LogP contribution is 2.64. The zero-order chi connectivity index (χ0) is 26.9. The zero-order valence-corrected chi connectivity index (χ0v) is 21.9. The lowest BCUT2D eigenvalue weighted by molar-refractivity contribution is -0.179. The number of rotatable bonds is 3. The van der Waals surface area contributed by atoms with E-state index < -0.39 is 41.0 Å². The number of benzene rings is 1. The van der Waals surface area contributed by atoms with Crippen LogP contribution in [0.25, 0.3) is 0 Å². The van der Waals surface area contributed by atoms with E-state index in [4.69, 9.17) is 4.74 Å². The third-order valence-electron chi connectivity index (χ3n) is 9.55. The molecule has 7 heteroatoms. The summed E-state index contributed by atoms with van der Waals surface area (Å²) in [5, 5.41) is 25.9. The van der Waals surface area contributed by atoms with E-state index in [1.54, 1.807) is 6.92 Å². The molecule has 0 bridgehead atoms. The number of fused-ring (bicyclic) bond motifs is 1. The summed E-state index contributed by atoms with van der Waals surface area (Å²) in [5.41, 5.74) is -0.637. The van der Waals surface area contributed by atoms with Crippen molar-refractivity contribution in [2.45, 2.75) is 70.8 Å². The first kappa shape index (κ1) is 25.9. The normalized spacial score (nSPS) is 43.1. The van der Waals surface area contributed by atoms with Crippen LogP contribution in [-0.2, 0) is 25.5 Å². The first-order chi connectivity index (χ1) is 17.4. The Kier molecular flexibility index (Phi) is 6.23. The van der Waals surface area contributed by atoms with Crippen molar-refractivity contribution in [3.05, 3.63) is 59.7 Å². The summed E-state index contributed by atoms with van der Waals surface area (Å²) in [6.45, 7) is 10.8. The minimum atomic E-state index is -1.75. The van der Waals surface area contributed by atoms with E-state index in [1.165, 1.54) is 19.9 Å². The van der Waals surface area contributed by atoms with Gasteiger partial charge >= 0.3 is 5.97 Å². The summed E-state index contributed by atoms with van der Waals surface area (Å²) in [6.07, 6.45) is 1.03. The van der Waals surface area contributed by atoms with Gasteiger partial charge in [0.05, 0.1) is 6.10 Å².